The van der Waals surface area contributed by atoms with Crippen LogP contribution in [-0.2, 0) is 0 Å². The molecule has 0 aliphatic heterocycles. The Labute approximate surface area is 64.0 Å². The maximum absolute atomic E-state index is 2.48. The number of hydrogen-bond acceptors (Lipinski definition) is 0. The maximum atomic E-state index is 2.48. The van der Waals surface area contributed by atoms with Gasteiger partial charge in [0.2, 0.25) is 0 Å². The van der Waals surface area contributed by atoms with Gasteiger partial charge in [-0.05, 0) is 42.4 Å². The molecule has 2 aliphatic carbocycles. The van der Waals surface area contributed by atoms with Crippen molar-refractivity contribution in [3.8, 4) is 0 Å². The Bertz CT molecular complexity index is 144. The molecule has 0 N–H and O–H groups in total. The molecule has 10 heavy (non-hydrogen) atoms. The summed E-state index contributed by atoms with van der Waals surface area (Å²) in [4.78, 5) is 0. The van der Waals surface area contributed by atoms with E-state index in [9.17, 15) is 0 Å². The molecule has 0 aromatic heterocycles. The van der Waals surface area contributed by atoms with Crippen molar-refractivity contribution in [1.29, 1.82) is 0 Å². The normalized spacial score (nSPS) is 59.7. The van der Waals surface area contributed by atoms with Gasteiger partial charge >= 0.3 is 0 Å². The molecule has 0 radical (unpaired) electrons. The van der Waals surface area contributed by atoms with Gasteiger partial charge in [-0.1, -0.05) is 20.8 Å². The van der Waals surface area contributed by atoms with Crippen molar-refractivity contribution in [2.45, 2.75) is 40.0 Å². The van der Waals surface area contributed by atoms with Crippen molar-refractivity contribution in [1.82, 2.24) is 0 Å². The summed E-state index contributed by atoms with van der Waals surface area (Å²) >= 11 is 0. The third-order valence-electron chi connectivity index (χ3n) is 4.02. The smallest absolute Gasteiger partial charge is 0.0269 e. The van der Waals surface area contributed by atoms with Crippen LogP contribution in [0.15, 0.2) is 0 Å². The van der Waals surface area contributed by atoms with Gasteiger partial charge in [-0.15, -0.1) is 0 Å². The Morgan fingerprint density at radius 2 is 1.70 bits per heavy atom. The highest BCUT2D eigenvalue weighted by molar-refractivity contribution is 5.04. The summed E-state index contributed by atoms with van der Waals surface area (Å²) in [6, 6.07) is 0. The predicted molar refractivity (Wildman–Crippen MR) is 43.8 cm³/mol. The average Bonchev–Trinajstić information content (AvgIpc) is 2.34. The third kappa shape index (κ3) is 0.741. The topological polar surface area (TPSA) is 0 Å². The molecule has 0 aromatic rings. The fourth-order valence-electron chi connectivity index (χ4n) is 2.61. The van der Waals surface area contributed by atoms with E-state index in [4.69, 9.17) is 0 Å². The summed E-state index contributed by atoms with van der Waals surface area (Å²) < 4.78 is 0. The molecule has 0 saturated heterocycles. The van der Waals surface area contributed by atoms with Crippen LogP contribution in [0.3, 0.4) is 0 Å². The summed E-state index contributed by atoms with van der Waals surface area (Å²) in [5, 5.41) is 0. The molecule has 58 valence electrons. The molecule has 0 heterocycles. The van der Waals surface area contributed by atoms with Crippen molar-refractivity contribution >= 4 is 0 Å². The van der Waals surface area contributed by atoms with Crippen molar-refractivity contribution in [3.05, 3.63) is 0 Å². The summed E-state index contributed by atoms with van der Waals surface area (Å²) in [7, 11) is 0. The highest BCUT2D eigenvalue weighted by atomic mass is 14.6. The van der Waals surface area contributed by atoms with Gasteiger partial charge in [0.05, 0.1) is 0 Å². The second-order valence-corrected chi connectivity index (χ2v) is 4.88. The van der Waals surface area contributed by atoms with E-state index >= 15 is 0 Å². The summed E-state index contributed by atoms with van der Waals surface area (Å²) in [5.74, 6) is 3.16. The van der Waals surface area contributed by atoms with Crippen LogP contribution in [0, 0.1) is 23.2 Å². The minimum atomic E-state index is 0.784. The molecular weight excluding hydrogens is 120 g/mol. The zero-order chi connectivity index (χ0) is 7.35. The molecule has 2 saturated carbocycles. The van der Waals surface area contributed by atoms with E-state index in [-0.39, 0.29) is 0 Å². The van der Waals surface area contributed by atoms with Gasteiger partial charge in [-0.3, -0.25) is 0 Å². The first-order chi connectivity index (χ1) is 4.63. The first-order valence-corrected chi connectivity index (χ1v) is 4.63. The fourth-order valence-corrected chi connectivity index (χ4v) is 2.61. The first-order valence-electron chi connectivity index (χ1n) is 4.63. The summed E-state index contributed by atoms with van der Waals surface area (Å²) in [6.45, 7) is 7.27. The lowest BCUT2D eigenvalue weighted by Gasteiger charge is -2.38. The van der Waals surface area contributed by atoms with E-state index < -0.39 is 0 Å². The van der Waals surface area contributed by atoms with Crippen LogP contribution >= 0.6 is 0 Å². The average molecular weight is 138 g/mol. The highest BCUT2D eigenvalue weighted by Gasteiger charge is 2.54. The Morgan fingerprint density at radius 3 is 2.00 bits per heavy atom. The lowest BCUT2D eigenvalue weighted by molar-refractivity contribution is 0.122. The molecule has 0 heteroatoms. The van der Waals surface area contributed by atoms with Crippen molar-refractivity contribution in [2.75, 3.05) is 0 Å². The zero-order valence-electron chi connectivity index (χ0n) is 7.35. The van der Waals surface area contributed by atoms with Gasteiger partial charge in [0.1, 0.15) is 0 Å². The Balaban J connectivity index is 1.91. The SMILES string of the molecule is CC1CC(C2(C)CC2C)C1. The molecule has 2 fully saturated rings. The van der Waals surface area contributed by atoms with Gasteiger partial charge in [0, 0.05) is 0 Å². The van der Waals surface area contributed by atoms with Gasteiger partial charge in [-0.25, -0.2) is 0 Å². The summed E-state index contributed by atoms with van der Waals surface area (Å²) in [6.07, 6.45) is 4.53. The molecule has 0 bridgehead atoms. The first kappa shape index (κ1) is 6.69. The van der Waals surface area contributed by atoms with Crippen molar-refractivity contribution in [2.24, 2.45) is 23.2 Å². The lowest BCUT2D eigenvalue weighted by Crippen LogP contribution is -2.28. The van der Waals surface area contributed by atoms with E-state index in [1.807, 2.05) is 0 Å². The van der Waals surface area contributed by atoms with E-state index in [2.05, 4.69) is 20.8 Å². The predicted octanol–water partition coefficient (Wildman–Crippen LogP) is 3.08. The van der Waals surface area contributed by atoms with Crippen LogP contribution in [0.2, 0.25) is 0 Å². The molecule has 2 rings (SSSR count). The standard InChI is InChI=1S/C10H18/c1-7-4-9(5-7)10(3)6-8(10)2/h7-9H,4-6H2,1-3H3. The van der Waals surface area contributed by atoms with Crippen LogP contribution in [0.1, 0.15) is 40.0 Å². The second kappa shape index (κ2) is 1.78. The van der Waals surface area contributed by atoms with Crippen LogP contribution < -0.4 is 0 Å². The van der Waals surface area contributed by atoms with Crippen LogP contribution in [0.5, 0.6) is 0 Å². The van der Waals surface area contributed by atoms with Gasteiger partial charge in [0.25, 0.3) is 0 Å². The van der Waals surface area contributed by atoms with E-state index in [0.29, 0.717) is 0 Å². The Hall–Kier alpha value is 0. The lowest BCUT2D eigenvalue weighted by atomic mass is 9.67. The third-order valence-corrected chi connectivity index (χ3v) is 4.02. The highest BCUT2D eigenvalue weighted by Crippen LogP contribution is 2.63. The van der Waals surface area contributed by atoms with Gasteiger partial charge in [-0.2, -0.15) is 0 Å². The van der Waals surface area contributed by atoms with Crippen LogP contribution in [-0.4, -0.2) is 0 Å². The van der Waals surface area contributed by atoms with E-state index in [1.54, 1.807) is 0 Å². The van der Waals surface area contributed by atoms with Crippen molar-refractivity contribution < 1.29 is 0 Å². The van der Waals surface area contributed by atoms with E-state index in [1.165, 1.54) is 19.3 Å². The maximum Gasteiger partial charge on any atom is -0.0269 e. The quantitative estimate of drug-likeness (QED) is 0.522. The monoisotopic (exact) mass is 138 g/mol. The zero-order valence-corrected chi connectivity index (χ0v) is 7.35. The van der Waals surface area contributed by atoms with Gasteiger partial charge < -0.3 is 0 Å². The number of rotatable bonds is 1. The number of hydrogen-bond donors (Lipinski definition) is 0. The molecule has 2 unspecified atom stereocenters. The Kier molecular flexibility index (Phi) is 1.19. The van der Waals surface area contributed by atoms with Crippen LogP contribution in [0.4, 0.5) is 0 Å². The second-order valence-electron chi connectivity index (χ2n) is 4.88. The molecule has 0 amide bonds. The van der Waals surface area contributed by atoms with Crippen molar-refractivity contribution in [3.63, 3.8) is 0 Å². The van der Waals surface area contributed by atoms with Gasteiger partial charge in [0.15, 0.2) is 0 Å². The molecule has 0 aromatic carbocycles. The minimum absolute atomic E-state index is 0.784. The summed E-state index contributed by atoms with van der Waals surface area (Å²) in [5.41, 5.74) is 0.784. The van der Waals surface area contributed by atoms with E-state index in [0.717, 1.165) is 23.2 Å². The molecule has 2 atom stereocenters. The molecule has 0 nitrogen and oxygen atoms in total. The molecule has 2 aliphatic rings. The largest absolute Gasteiger partial charge is 0.0625 e. The molecular formula is C10H18. The fraction of sp³-hybridized carbons (Fsp3) is 1.00. The Morgan fingerprint density at radius 1 is 1.20 bits per heavy atom. The van der Waals surface area contributed by atoms with Crippen LogP contribution in [0.25, 0.3) is 0 Å². The minimum Gasteiger partial charge on any atom is -0.0625 e. The molecule has 0 spiro atoms.